The third-order valence-electron chi connectivity index (χ3n) is 4.80. The van der Waals surface area contributed by atoms with E-state index in [4.69, 9.17) is 9.41 Å². The number of aromatic hydroxyl groups is 3. The summed E-state index contributed by atoms with van der Waals surface area (Å²) in [7, 11) is 0. The second kappa shape index (κ2) is 7.93. The number of rotatable bonds is 4. The molecule has 2 heterocycles. The molecule has 2 aromatic heterocycles. The molecule has 4 rings (SSSR count). The number of nitrogens with zero attached hydrogens (tertiary/aromatic N) is 3. The highest BCUT2D eigenvalue weighted by molar-refractivity contribution is 7.07. The molecule has 3 aromatic rings. The lowest BCUT2D eigenvalue weighted by molar-refractivity contribution is 0.367. The van der Waals surface area contributed by atoms with Crippen LogP contribution in [0.2, 0.25) is 0 Å². The molecule has 0 radical (unpaired) electrons. The molecule has 0 bridgehead atoms. The van der Waals surface area contributed by atoms with Crippen molar-refractivity contribution in [3.63, 3.8) is 0 Å². The van der Waals surface area contributed by atoms with Gasteiger partial charge in [-0.05, 0) is 37.1 Å². The maximum absolute atomic E-state index is 10.0. The first-order valence-electron chi connectivity index (χ1n) is 9.20. The molecule has 1 saturated carbocycles. The first-order chi connectivity index (χ1) is 13.6. The van der Waals surface area contributed by atoms with E-state index in [2.05, 4.69) is 5.10 Å². The van der Waals surface area contributed by atoms with Gasteiger partial charge < -0.3 is 19.7 Å². The zero-order chi connectivity index (χ0) is 19.5. The standard InChI is InChI=1S/C20H21N3O4S/c24-16-9-8-13(18(25)19(16)26)11-21-23-15(17-7-4-10-27-17)12-28-20(23)22-14-5-2-1-3-6-14/h4,7-12,14,24-26H,1-3,5-6H2. The Morgan fingerprint density at radius 2 is 1.89 bits per heavy atom. The summed E-state index contributed by atoms with van der Waals surface area (Å²) < 4.78 is 7.20. The summed E-state index contributed by atoms with van der Waals surface area (Å²) in [5.74, 6) is -0.721. The Bertz CT molecular complexity index is 1040. The lowest BCUT2D eigenvalue weighted by Crippen LogP contribution is -2.18. The average Bonchev–Trinajstić information content (AvgIpc) is 3.36. The van der Waals surface area contributed by atoms with E-state index in [-0.39, 0.29) is 17.4 Å². The van der Waals surface area contributed by atoms with E-state index < -0.39 is 11.5 Å². The van der Waals surface area contributed by atoms with Gasteiger partial charge in [0, 0.05) is 10.9 Å². The Kier molecular flexibility index (Phi) is 5.21. The van der Waals surface area contributed by atoms with Crippen molar-refractivity contribution < 1.29 is 19.7 Å². The number of phenols is 3. The summed E-state index contributed by atoms with van der Waals surface area (Å²) in [6.07, 6.45) is 8.81. The summed E-state index contributed by atoms with van der Waals surface area (Å²) >= 11 is 1.48. The Morgan fingerprint density at radius 3 is 2.64 bits per heavy atom. The first-order valence-corrected chi connectivity index (χ1v) is 10.1. The van der Waals surface area contributed by atoms with Crippen molar-refractivity contribution in [2.45, 2.75) is 38.1 Å². The molecule has 1 fully saturated rings. The van der Waals surface area contributed by atoms with Gasteiger partial charge in [0.1, 0.15) is 5.69 Å². The molecule has 0 amide bonds. The minimum Gasteiger partial charge on any atom is -0.504 e. The second-order valence-corrected chi connectivity index (χ2v) is 7.57. The maximum atomic E-state index is 10.0. The molecule has 1 aromatic carbocycles. The lowest BCUT2D eigenvalue weighted by Gasteiger charge is -2.16. The van der Waals surface area contributed by atoms with Crippen LogP contribution in [0.25, 0.3) is 11.5 Å². The summed E-state index contributed by atoms with van der Waals surface area (Å²) in [6, 6.07) is 6.72. The minimum absolute atomic E-state index is 0.281. The van der Waals surface area contributed by atoms with Crippen LogP contribution in [0, 0.1) is 0 Å². The summed E-state index contributed by atoms with van der Waals surface area (Å²) in [5, 5.41) is 35.7. The fourth-order valence-corrected chi connectivity index (χ4v) is 4.16. The van der Waals surface area contributed by atoms with E-state index in [1.54, 1.807) is 10.9 Å². The van der Waals surface area contributed by atoms with Gasteiger partial charge >= 0.3 is 0 Å². The molecule has 0 unspecified atom stereocenters. The number of phenolic OH excluding ortho intramolecular Hbond substituents is 3. The van der Waals surface area contributed by atoms with Crippen LogP contribution in [-0.4, -0.2) is 32.3 Å². The fraction of sp³-hybridized carbons (Fsp3) is 0.300. The highest BCUT2D eigenvalue weighted by atomic mass is 32.1. The van der Waals surface area contributed by atoms with E-state index in [1.165, 1.54) is 48.9 Å². The van der Waals surface area contributed by atoms with Gasteiger partial charge in [-0.1, -0.05) is 19.3 Å². The van der Waals surface area contributed by atoms with Gasteiger partial charge in [0.05, 0.1) is 18.5 Å². The molecule has 146 valence electrons. The molecular weight excluding hydrogens is 378 g/mol. The molecular formula is C20H21N3O4S. The van der Waals surface area contributed by atoms with Gasteiger partial charge in [-0.15, -0.1) is 11.3 Å². The molecule has 0 saturated heterocycles. The predicted molar refractivity (Wildman–Crippen MR) is 107 cm³/mol. The zero-order valence-electron chi connectivity index (χ0n) is 15.2. The SMILES string of the molecule is Oc1ccc(C=Nn2c(-c3ccco3)csc2=NC2CCCCC2)c(O)c1O. The molecule has 1 aliphatic rings. The number of thiazole rings is 1. The van der Waals surface area contributed by atoms with Crippen LogP contribution in [0.1, 0.15) is 37.7 Å². The van der Waals surface area contributed by atoms with Crippen molar-refractivity contribution in [1.82, 2.24) is 4.68 Å². The van der Waals surface area contributed by atoms with E-state index in [0.29, 0.717) is 5.76 Å². The normalized spacial score (nSPS) is 16.2. The maximum Gasteiger partial charge on any atom is 0.206 e. The third-order valence-corrected chi connectivity index (χ3v) is 5.63. The number of aromatic nitrogens is 1. The monoisotopic (exact) mass is 399 g/mol. The van der Waals surface area contributed by atoms with Crippen molar-refractivity contribution in [3.8, 4) is 28.7 Å². The van der Waals surface area contributed by atoms with Crippen molar-refractivity contribution in [2.75, 3.05) is 0 Å². The molecule has 0 spiro atoms. The van der Waals surface area contributed by atoms with Gasteiger partial charge in [0.15, 0.2) is 17.3 Å². The number of hydrogen-bond donors (Lipinski definition) is 3. The number of benzene rings is 1. The first kappa shape index (κ1) is 18.4. The molecule has 0 atom stereocenters. The minimum atomic E-state index is -0.572. The second-order valence-electron chi connectivity index (χ2n) is 6.73. The summed E-state index contributed by atoms with van der Waals surface area (Å²) in [4.78, 5) is 5.64. The fourth-order valence-electron chi connectivity index (χ4n) is 3.27. The zero-order valence-corrected chi connectivity index (χ0v) is 16.0. The highest BCUT2D eigenvalue weighted by Gasteiger charge is 2.15. The molecule has 28 heavy (non-hydrogen) atoms. The van der Waals surface area contributed by atoms with Crippen molar-refractivity contribution in [2.24, 2.45) is 10.1 Å². The van der Waals surface area contributed by atoms with Gasteiger partial charge in [-0.3, -0.25) is 4.99 Å². The molecule has 3 N–H and O–H groups in total. The van der Waals surface area contributed by atoms with E-state index in [9.17, 15) is 15.3 Å². The van der Waals surface area contributed by atoms with Gasteiger partial charge in [-0.25, -0.2) is 4.68 Å². The van der Waals surface area contributed by atoms with Crippen LogP contribution in [-0.2, 0) is 0 Å². The average molecular weight is 399 g/mol. The van der Waals surface area contributed by atoms with Crippen LogP contribution in [0.4, 0.5) is 0 Å². The van der Waals surface area contributed by atoms with Crippen molar-refractivity contribution >= 4 is 17.6 Å². The van der Waals surface area contributed by atoms with Crippen LogP contribution >= 0.6 is 11.3 Å². The van der Waals surface area contributed by atoms with E-state index in [0.717, 1.165) is 23.3 Å². The largest absolute Gasteiger partial charge is 0.504 e. The van der Waals surface area contributed by atoms with Crippen molar-refractivity contribution in [1.29, 1.82) is 0 Å². The Balaban J connectivity index is 1.76. The van der Waals surface area contributed by atoms with Crippen LogP contribution in [0.15, 0.2) is 50.4 Å². The molecule has 1 aliphatic carbocycles. The quantitative estimate of drug-likeness (QED) is 0.455. The summed E-state index contributed by atoms with van der Waals surface area (Å²) in [6.45, 7) is 0. The Hall–Kier alpha value is -3.00. The van der Waals surface area contributed by atoms with Crippen molar-refractivity contribution in [3.05, 3.63) is 46.3 Å². The third kappa shape index (κ3) is 3.68. The molecule has 8 heteroatoms. The Labute approximate surface area is 165 Å². The van der Waals surface area contributed by atoms with Gasteiger partial charge in [0.25, 0.3) is 0 Å². The van der Waals surface area contributed by atoms with Crippen LogP contribution in [0.5, 0.6) is 17.2 Å². The predicted octanol–water partition coefficient (Wildman–Crippen LogP) is 4.04. The van der Waals surface area contributed by atoms with Crippen LogP contribution in [0.3, 0.4) is 0 Å². The molecule has 7 nitrogen and oxygen atoms in total. The number of hydrogen-bond acceptors (Lipinski definition) is 7. The topological polar surface area (TPSA) is 103 Å². The van der Waals surface area contributed by atoms with Gasteiger partial charge in [-0.2, -0.15) is 5.10 Å². The number of furan rings is 1. The molecule has 0 aliphatic heterocycles. The van der Waals surface area contributed by atoms with E-state index in [1.807, 2.05) is 17.5 Å². The Morgan fingerprint density at radius 1 is 1.07 bits per heavy atom. The summed E-state index contributed by atoms with van der Waals surface area (Å²) in [5.41, 5.74) is 1.03. The smallest absolute Gasteiger partial charge is 0.206 e. The van der Waals surface area contributed by atoms with Crippen LogP contribution < -0.4 is 4.80 Å². The van der Waals surface area contributed by atoms with Gasteiger partial charge in [0.2, 0.25) is 10.6 Å². The highest BCUT2D eigenvalue weighted by Crippen LogP contribution is 2.36. The van der Waals surface area contributed by atoms with E-state index >= 15 is 0 Å². The lowest BCUT2D eigenvalue weighted by atomic mass is 9.96.